The van der Waals surface area contributed by atoms with Crippen LogP contribution in [0.4, 0.5) is 4.79 Å². The first-order valence-corrected chi connectivity index (χ1v) is 6.58. The molecule has 5 heteroatoms. The van der Waals surface area contributed by atoms with Gasteiger partial charge in [0.2, 0.25) is 0 Å². The van der Waals surface area contributed by atoms with Gasteiger partial charge in [-0.1, -0.05) is 0 Å². The van der Waals surface area contributed by atoms with E-state index >= 15 is 0 Å². The number of hydrogen-bond acceptors (Lipinski definition) is 4. The van der Waals surface area contributed by atoms with E-state index in [0.717, 1.165) is 12.2 Å². The molecule has 0 unspecified atom stereocenters. The molecule has 2 aliphatic heterocycles. The van der Waals surface area contributed by atoms with E-state index in [1.165, 1.54) is 0 Å². The molecule has 0 radical (unpaired) electrons. The second-order valence-corrected chi connectivity index (χ2v) is 7.18. The van der Waals surface area contributed by atoms with Crippen molar-refractivity contribution in [3.8, 4) is 0 Å². The topological polar surface area (TPSA) is 49.8 Å². The van der Waals surface area contributed by atoms with Gasteiger partial charge in [0.15, 0.2) is 0 Å². The van der Waals surface area contributed by atoms with E-state index in [0.29, 0.717) is 13.1 Å². The number of amides is 1. The highest BCUT2D eigenvalue weighted by Gasteiger charge is 2.51. The first-order valence-electron chi connectivity index (χ1n) is 5.60. The Bertz CT molecular complexity index is 294. The predicted molar refractivity (Wildman–Crippen MR) is 63.6 cm³/mol. The molecule has 1 N–H and O–H groups in total. The van der Waals surface area contributed by atoms with Gasteiger partial charge < -0.3 is 14.7 Å². The SMILES string of the molecule is CC(C)(C)OC(=O)N1CC2(C[C@@H](O)CS2)C1. The van der Waals surface area contributed by atoms with Crippen LogP contribution in [-0.2, 0) is 4.74 Å². The van der Waals surface area contributed by atoms with Crippen molar-refractivity contribution >= 4 is 17.9 Å². The van der Waals surface area contributed by atoms with E-state index in [9.17, 15) is 9.90 Å². The van der Waals surface area contributed by atoms with Gasteiger partial charge in [-0.3, -0.25) is 0 Å². The Morgan fingerprint density at radius 1 is 1.50 bits per heavy atom. The summed E-state index contributed by atoms with van der Waals surface area (Å²) in [4.78, 5) is 13.4. The van der Waals surface area contributed by atoms with E-state index in [1.54, 1.807) is 16.7 Å². The van der Waals surface area contributed by atoms with Crippen molar-refractivity contribution in [3.63, 3.8) is 0 Å². The maximum atomic E-state index is 11.7. The molecule has 0 aliphatic carbocycles. The second-order valence-electron chi connectivity index (χ2n) is 5.69. The van der Waals surface area contributed by atoms with Crippen LogP contribution in [0.2, 0.25) is 0 Å². The zero-order valence-electron chi connectivity index (χ0n) is 10.0. The fourth-order valence-corrected chi connectivity index (χ4v) is 3.61. The van der Waals surface area contributed by atoms with E-state index < -0.39 is 5.60 Å². The second kappa shape index (κ2) is 3.81. The summed E-state index contributed by atoms with van der Waals surface area (Å²) in [5, 5.41) is 9.49. The van der Waals surface area contributed by atoms with Crippen molar-refractivity contribution in [1.82, 2.24) is 4.90 Å². The highest BCUT2D eigenvalue weighted by atomic mass is 32.2. The Hall–Kier alpha value is -0.420. The number of carbonyl (C=O) groups is 1. The molecule has 2 fully saturated rings. The number of aliphatic hydroxyl groups is 1. The lowest BCUT2D eigenvalue weighted by Crippen LogP contribution is -2.61. The fraction of sp³-hybridized carbons (Fsp3) is 0.909. The van der Waals surface area contributed by atoms with Crippen molar-refractivity contribution in [2.75, 3.05) is 18.8 Å². The first kappa shape index (κ1) is 12.0. The third-order valence-corrected chi connectivity index (χ3v) is 4.39. The number of rotatable bonds is 0. The summed E-state index contributed by atoms with van der Waals surface area (Å²) >= 11 is 1.78. The van der Waals surface area contributed by atoms with Crippen LogP contribution in [0.15, 0.2) is 0 Å². The zero-order valence-corrected chi connectivity index (χ0v) is 10.8. The average molecular weight is 245 g/mol. The third kappa shape index (κ3) is 2.46. The van der Waals surface area contributed by atoms with Gasteiger partial charge in [0.05, 0.1) is 10.9 Å². The molecule has 1 atom stereocenters. The van der Waals surface area contributed by atoms with Crippen LogP contribution in [0.25, 0.3) is 0 Å². The Morgan fingerprint density at radius 2 is 2.12 bits per heavy atom. The first-order chi connectivity index (χ1) is 7.30. The van der Waals surface area contributed by atoms with Crippen LogP contribution in [0.1, 0.15) is 27.2 Å². The molecule has 0 aromatic rings. The van der Waals surface area contributed by atoms with Crippen molar-refractivity contribution in [2.45, 2.75) is 43.6 Å². The monoisotopic (exact) mass is 245 g/mol. The number of likely N-dealkylation sites (tertiary alicyclic amines) is 1. The standard InChI is InChI=1S/C11H19NO3S/c1-10(2,3)15-9(14)12-6-11(7-12)4-8(13)5-16-11/h8,13H,4-7H2,1-3H3/t8-/m1/s1. The van der Waals surface area contributed by atoms with Crippen LogP contribution >= 0.6 is 11.8 Å². The Kier molecular flexibility index (Phi) is 2.87. The molecule has 4 nitrogen and oxygen atoms in total. The average Bonchev–Trinajstić information content (AvgIpc) is 2.41. The van der Waals surface area contributed by atoms with E-state index in [1.807, 2.05) is 20.8 Å². The van der Waals surface area contributed by atoms with E-state index in [4.69, 9.17) is 4.74 Å². The molecule has 0 saturated carbocycles. The Morgan fingerprint density at radius 3 is 2.56 bits per heavy atom. The maximum absolute atomic E-state index is 11.7. The molecule has 92 valence electrons. The lowest BCUT2D eigenvalue weighted by molar-refractivity contribution is 0.00114. The lowest BCUT2D eigenvalue weighted by atomic mass is 9.93. The van der Waals surface area contributed by atoms with Crippen molar-refractivity contribution in [1.29, 1.82) is 0 Å². The fourth-order valence-electron chi connectivity index (χ4n) is 2.15. The maximum Gasteiger partial charge on any atom is 0.410 e. The molecular formula is C11H19NO3S. The smallest absolute Gasteiger partial charge is 0.410 e. The van der Waals surface area contributed by atoms with Crippen LogP contribution in [-0.4, -0.2) is 51.4 Å². The summed E-state index contributed by atoms with van der Waals surface area (Å²) in [5.74, 6) is 0.794. The molecular weight excluding hydrogens is 226 g/mol. The van der Waals surface area contributed by atoms with Crippen molar-refractivity contribution < 1.29 is 14.6 Å². The largest absolute Gasteiger partial charge is 0.444 e. The van der Waals surface area contributed by atoms with Gasteiger partial charge in [0.1, 0.15) is 5.60 Å². The number of nitrogens with zero attached hydrogens (tertiary/aromatic N) is 1. The summed E-state index contributed by atoms with van der Waals surface area (Å²) in [7, 11) is 0. The summed E-state index contributed by atoms with van der Waals surface area (Å²) in [6.07, 6.45) is 0.364. The van der Waals surface area contributed by atoms with Gasteiger partial charge in [-0.05, 0) is 27.2 Å². The molecule has 16 heavy (non-hydrogen) atoms. The van der Waals surface area contributed by atoms with Crippen LogP contribution in [0.5, 0.6) is 0 Å². The summed E-state index contributed by atoms with van der Waals surface area (Å²) in [6, 6.07) is 0. The molecule has 0 aromatic carbocycles. The van der Waals surface area contributed by atoms with Gasteiger partial charge in [-0.2, -0.15) is 0 Å². The molecule has 2 saturated heterocycles. The zero-order chi connectivity index (χ0) is 12.0. The van der Waals surface area contributed by atoms with Crippen LogP contribution in [0.3, 0.4) is 0 Å². The molecule has 2 heterocycles. The van der Waals surface area contributed by atoms with E-state index in [2.05, 4.69) is 0 Å². The number of thioether (sulfide) groups is 1. The van der Waals surface area contributed by atoms with Crippen molar-refractivity contribution in [3.05, 3.63) is 0 Å². The molecule has 1 spiro atoms. The quantitative estimate of drug-likeness (QED) is 0.702. The minimum atomic E-state index is -0.428. The minimum Gasteiger partial charge on any atom is -0.444 e. The van der Waals surface area contributed by atoms with Gasteiger partial charge in [-0.15, -0.1) is 11.8 Å². The Labute approximate surface area is 100 Å². The molecule has 0 aromatic heterocycles. The summed E-state index contributed by atoms with van der Waals surface area (Å²) in [5.41, 5.74) is -0.428. The third-order valence-electron chi connectivity index (χ3n) is 2.80. The van der Waals surface area contributed by atoms with Gasteiger partial charge in [-0.25, -0.2) is 4.79 Å². The highest BCUT2D eigenvalue weighted by Crippen LogP contribution is 2.45. The van der Waals surface area contributed by atoms with E-state index in [-0.39, 0.29) is 16.9 Å². The van der Waals surface area contributed by atoms with Crippen molar-refractivity contribution in [2.24, 2.45) is 0 Å². The number of ether oxygens (including phenoxy) is 1. The van der Waals surface area contributed by atoms with Gasteiger partial charge >= 0.3 is 6.09 Å². The predicted octanol–water partition coefficient (Wildman–Crippen LogP) is 1.47. The lowest BCUT2D eigenvalue weighted by Gasteiger charge is -2.47. The minimum absolute atomic E-state index is 0.107. The normalized spacial score (nSPS) is 28.0. The highest BCUT2D eigenvalue weighted by molar-refractivity contribution is 8.01. The molecule has 2 aliphatic rings. The number of aliphatic hydroxyl groups excluding tert-OH is 1. The molecule has 1 amide bonds. The van der Waals surface area contributed by atoms with Gasteiger partial charge in [0.25, 0.3) is 0 Å². The number of hydrogen-bond donors (Lipinski definition) is 1. The van der Waals surface area contributed by atoms with Crippen LogP contribution < -0.4 is 0 Å². The number of carbonyl (C=O) groups excluding carboxylic acids is 1. The van der Waals surface area contributed by atoms with Gasteiger partial charge in [0, 0.05) is 18.8 Å². The summed E-state index contributed by atoms with van der Waals surface area (Å²) in [6.45, 7) is 7.03. The van der Waals surface area contributed by atoms with Crippen LogP contribution in [0, 0.1) is 0 Å². The summed E-state index contributed by atoms with van der Waals surface area (Å²) < 4.78 is 5.39. The molecule has 0 bridgehead atoms. The molecule has 2 rings (SSSR count). The Balaban J connectivity index is 1.82.